The molecular formula is C28H23F3N6O4. The predicted octanol–water partition coefficient (Wildman–Crippen LogP) is 5.38. The van der Waals surface area contributed by atoms with Crippen molar-refractivity contribution in [3.8, 4) is 23.6 Å². The lowest BCUT2D eigenvalue weighted by Crippen LogP contribution is -2.35. The van der Waals surface area contributed by atoms with Gasteiger partial charge in [0.25, 0.3) is 5.70 Å². The molecule has 0 fully saturated rings. The topological polar surface area (TPSA) is 164 Å². The third-order valence-electron chi connectivity index (χ3n) is 5.77. The van der Waals surface area contributed by atoms with Gasteiger partial charge < -0.3 is 15.2 Å². The van der Waals surface area contributed by atoms with E-state index >= 15 is 0 Å². The molecular weight excluding hydrogens is 541 g/mol. The summed E-state index contributed by atoms with van der Waals surface area (Å²) in [6.07, 6.45) is -1.41. The zero-order valence-electron chi connectivity index (χ0n) is 21.6. The largest absolute Gasteiger partial charge is 0.493 e. The Morgan fingerprint density at radius 2 is 1.85 bits per heavy atom. The molecule has 41 heavy (non-hydrogen) atoms. The highest BCUT2D eigenvalue weighted by Gasteiger charge is 2.40. The zero-order valence-corrected chi connectivity index (χ0v) is 21.6. The number of alkyl halides is 3. The highest BCUT2D eigenvalue weighted by molar-refractivity contribution is 5.63. The normalized spacial score (nSPS) is 14.2. The molecule has 2 aromatic rings. The van der Waals surface area contributed by atoms with E-state index in [1.54, 1.807) is 36.4 Å². The molecule has 2 aromatic carbocycles. The molecule has 210 valence electrons. The zero-order chi connectivity index (χ0) is 30.2. The Morgan fingerprint density at radius 3 is 2.44 bits per heavy atom. The number of hydrogen-bond acceptors (Lipinski definition) is 9. The summed E-state index contributed by atoms with van der Waals surface area (Å²) in [5, 5.41) is 31.6. The molecule has 10 nitrogen and oxygen atoms in total. The van der Waals surface area contributed by atoms with Crippen molar-refractivity contribution in [3.63, 3.8) is 0 Å². The number of ether oxygens (including phenoxy) is 2. The quantitative estimate of drug-likeness (QED) is 0.176. The molecule has 4 N–H and O–H groups in total. The SMILES string of the molecule is COc1cc(/C=C(\C#N)C/C(C#N)=C(/N)N(N)c2ccccc2)ccc1OC1=CCC(C(F)(F)F)=C([N+](=O)[O-])C=C1. The molecule has 0 atom stereocenters. The third-order valence-corrected chi connectivity index (χ3v) is 5.77. The van der Waals surface area contributed by atoms with E-state index in [1.807, 2.05) is 12.1 Å². The molecule has 0 unspecified atom stereocenters. The van der Waals surface area contributed by atoms with E-state index in [0.29, 0.717) is 11.3 Å². The van der Waals surface area contributed by atoms with Crippen LogP contribution in [0.2, 0.25) is 0 Å². The van der Waals surface area contributed by atoms with Crippen LogP contribution in [-0.4, -0.2) is 18.2 Å². The molecule has 3 rings (SSSR count). The lowest BCUT2D eigenvalue weighted by molar-refractivity contribution is -0.422. The smallest absolute Gasteiger partial charge is 0.419 e. The van der Waals surface area contributed by atoms with Crippen molar-refractivity contribution in [2.24, 2.45) is 11.6 Å². The van der Waals surface area contributed by atoms with Crippen LogP contribution in [0.25, 0.3) is 6.08 Å². The van der Waals surface area contributed by atoms with Crippen molar-refractivity contribution in [1.82, 2.24) is 0 Å². The minimum Gasteiger partial charge on any atom is -0.493 e. The fourth-order valence-corrected chi connectivity index (χ4v) is 3.70. The van der Waals surface area contributed by atoms with Gasteiger partial charge in [-0.05, 0) is 48.1 Å². The van der Waals surface area contributed by atoms with Gasteiger partial charge in [0.1, 0.15) is 17.2 Å². The summed E-state index contributed by atoms with van der Waals surface area (Å²) >= 11 is 0. The molecule has 1 aliphatic rings. The highest BCUT2D eigenvalue weighted by atomic mass is 19.4. The number of nitro groups is 1. The Balaban J connectivity index is 1.85. The number of halogens is 3. The highest BCUT2D eigenvalue weighted by Crippen LogP contribution is 2.36. The van der Waals surface area contributed by atoms with Crippen LogP contribution >= 0.6 is 0 Å². The van der Waals surface area contributed by atoms with E-state index in [9.17, 15) is 33.8 Å². The van der Waals surface area contributed by atoms with Gasteiger partial charge in [0, 0.05) is 24.5 Å². The number of para-hydroxylation sites is 1. The van der Waals surface area contributed by atoms with Crippen molar-refractivity contribution in [1.29, 1.82) is 10.5 Å². The number of hydrogen-bond donors (Lipinski definition) is 2. The first-order chi connectivity index (χ1) is 19.5. The first-order valence-corrected chi connectivity index (χ1v) is 11.8. The summed E-state index contributed by atoms with van der Waals surface area (Å²) in [5.41, 5.74) is 4.98. The van der Waals surface area contributed by atoms with E-state index in [2.05, 4.69) is 0 Å². The molecule has 13 heteroatoms. The van der Waals surface area contributed by atoms with Crippen LogP contribution in [0.3, 0.4) is 0 Å². The van der Waals surface area contributed by atoms with E-state index in [0.717, 1.165) is 23.2 Å². The van der Waals surface area contributed by atoms with Gasteiger partial charge >= 0.3 is 6.18 Å². The van der Waals surface area contributed by atoms with Crippen LogP contribution in [0.4, 0.5) is 18.9 Å². The molecule has 0 spiro atoms. The molecule has 0 saturated heterocycles. The first kappa shape index (κ1) is 30.0. The average molecular weight is 565 g/mol. The molecule has 0 aliphatic heterocycles. The van der Waals surface area contributed by atoms with Crippen LogP contribution in [0.15, 0.2) is 101 Å². The number of anilines is 1. The molecule has 0 heterocycles. The minimum absolute atomic E-state index is 0.0330. The van der Waals surface area contributed by atoms with Gasteiger partial charge in [-0.15, -0.1) is 0 Å². The third kappa shape index (κ3) is 7.53. The fourth-order valence-electron chi connectivity index (χ4n) is 3.70. The summed E-state index contributed by atoms with van der Waals surface area (Å²) < 4.78 is 50.9. The van der Waals surface area contributed by atoms with Crippen LogP contribution in [0.5, 0.6) is 11.5 Å². The fraction of sp³-hybridized carbons (Fsp3) is 0.143. The Hall–Kier alpha value is -5.53. The second-order valence-electron chi connectivity index (χ2n) is 8.41. The number of methoxy groups -OCH3 is 1. The predicted molar refractivity (Wildman–Crippen MR) is 144 cm³/mol. The summed E-state index contributed by atoms with van der Waals surface area (Å²) in [5.74, 6) is 6.23. The van der Waals surface area contributed by atoms with Gasteiger partial charge in [-0.3, -0.25) is 15.1 Å². The summed E-state index contributed by atoms with van der Waals surface area (Å²) in [4.78, 5) is 10.1. The van der Waals surface area contributed by atoms with Gasteiger partial charge in [-0.25, -0.2) is 5.84 Å². The Kier molecular flexibility index (Phi) is 9.53. The molecule has 0 saturated carbocycles. The molecule has 1 aliphatic carbocycles. The van der Waals surface area contributed by atoms with Crippen molar-refractivity contribution < 1.29 is 27.6 Å². The van der Waals surface area contributed by atoms with Crippen LogP contribution < -0.4 is 26.1 Å². The molecule has 0 radical (unpaired) electrons. The molecule has 0 aromatic heterocycles. The van der Waals surface area contributed by atoms with Gasteiger partial charge in [-0.2, -0.15) is 23.7 Å². The first-order valence-electron chi connectivity index (χ1n) is 11.8. The van der Waals surface area contributed by atoms with E-state index < -0.39 is 28.8 Å². The number of hydrazine groups is 1. The maximum Gasteiger partial charge on any atom is 0.419 e. The lowest BCUT2D eigenvalue weighted by atomic mass is 10.0. The number of rotatable bonds is 9. The summed E-state index contributed by atoms with van der Waals surface area (Å²) in [6, 6.07) is 17.2. The minimum atomic E-state index is -4.89. The van der Waals surface area contributed by atoms with Gasteiger partial charge in [0.15, 0.2) is 11.5 Å². The van der Waals surface area contributed by atoms with Crippen LogP contribution in [0, 0.1) is 32.8 Å². The number of nitriles is 2. The Morgan fingerprint density at radius 1 is 1.15 bits per heavy atom. The maximum atomic E-state index is 13.3. The van der Waals surface area contributed by atoms with Crippen molar-refractivity contribution in [2.75, 3.05) is 12.1 Å². The summed E-state index contributed by atoms with van der Waals surface area (Å²) in [6.45, 7) is 0. The standard InChI is InChI=1S/C28H23F3N6O4/c1-40-26-15-18(13-19(16-32)14-20(17-33)27(34)36(35)21-5-3-2-4-6-21)7-12-25(26)41-22-8-10-23(28(29,30)31)24(11-9-22)37(38)39/h2-9,11-13,15H,10,14,34-35H2,1H3/b19-13-,27-20+. The van der Waals surface area contributed by atoms with E-state index in [1.165, 1.54) is 25.3 Å². The van der Waals surface area contributed by atoms with Gasteiger partial charge in [0.05, 0.1) is 35.4 Å². The Bertz CT molecular complexity index is 1560. The van der Waals surface area contributed by atoms with Crippen LogP contribution in [-0.2, 0) is 0 Å². The number of nitrogens with two attached hydrogens (primary N) is 2. The average Bonchev–Trinajstić information content (AvgIpc) is 3.18. The van der Waals surface area contributed by atoms with Gasteiger partial charge in [0.2, 0.25) is 0 Å². The van der Waals surface area contributed by atoms with Crippen molar-refractivity contribution >= 4 is 11.8 Å². The Labute approximate surface area is 232 Å². The van der Waals surface area contributed by atoms with E-state index in [4.69, 9.17) is 21.1 Å². The second kappa shape index (κ2) is 13.0. The van der Waals surface area contributed by atoms with E-state index in [-0.39, 0.29) is 40.6 Å². The molecule has 0 bridgehead atoms. The second-order valence-corrected chi connectivity index (χ2v) is 8.41. The van der Waals surface area contributed by atoms with Crippen LogP contribution in [0.1, 0.15) is 18.4 Å². The number of allylic oxidation sites excluding steroid dienone is 6. The monoisotopic (exact) mass is 564 g/mol. The maximum absolute atomic E-state index is 13.3. The van der Waals surface area contributed by atoms with Gasteiger partial charge in [-0.1, -0.05) is 24.3 Å². The number of nitrogens with zero attached hydrogens (tertiary/aromatic N) is 4. The van der Waals surface area contributed by atoms with Crippen molar-refractivity contribution in [2.45, 2.75) is 19.0 Å². The lowest BCUT2D eigenvalue weighted by Gasteiger charge is -2.20. The number of benzene rings is 2. The summed E-state index contributed by atoms with van der Waals surface area (Å²) in [7, 11) is 1.34. The van der Waals surface area contributed by atoms with Crippen molar-refractivity contribution in [3.05, 3.63) is 116 Å². The molecule has 0 amide bonds.